The zero-order chi connectivity index (χ0) is 27.5. The van der Waals surface area contributed by atoms with Gasteiger partial charge in [0.2, 0.25) is 11.8 Å². The van der Waals surface area contributed by atoms with Crippen molar-refractivity contribution in [1.29, 1.82) is 0 Å². The van der Waals surface area contributed by atoms with Crippen molar-refractivity contribution in [1.82, 2.24) is 10.2 Å². The molecule has 0 aliphatic carbocycles. The minimum atomic E-state index is -0.844. The molecule has 4 aromatic carbocycles. The van der Waals surface area contributed by atoms with E-state index < -0.39 is 6.04 Å². The summed E-state index contributed by atoms with van der Waals surface area (Å²) in [6, 6.07) is 25.6. The van der Waals surface area contributed by atoms with Crippen molar-refractivity contribution in [2.24, 2.45) is 0 Å². The minimum Gasteiger partial charge on any atom is -0.352 e. The molecule has 1 heterocycles. The molecule has 6 nitrogen and oxygen atoms in total. The van der Waals surface area contributed by atoms with Crippen molar-refractivity contribution in [2.75, 3.05) is 11.4 Å². The summed E-state index contributed by atoms with van der Waals surface area (Å²) in [6.07, 6.45) is 0.288. The third-order valence-corrected chi connectivity index (χ3v) is 6.91. The summed E-state index contributed by atoms with van der Waals surface area (Å²) in [5.41, 5.74) is 2.81. The first-order valence-corrected chi connectivity index (χ1v) is 13.0. The molecular weight excluding hydrogens is 493 g/mol. The van der Waals surface area contributed by atoms with E-state index in [0.29, 0.717) is 16.8 Å². The van der Waals surface area contributed by atoms with Gasteiger partial charge in [0.05, 0.1) is 5.69 Å². The largest absolute Gasteiger partial charge is 0.352 e. The summed E-state index contributed by atoms with van der Waals surface area (Å²) < 4.78 is 13.7. The molecule has 1 atom stereocenters. The number of nitrogens with zero attached hydrogens (tertiary/aromatic N) is 2. The predicted molar refractivity (Wildman–Crippen MR) is 150 cm³/mol. The van der Waals surface area contributed by atoms with E-state index in [1.165, 1.54) is 21.9 Å². The average Bonchev–Trinajstić information content (AvgIpc) is 3.19. The van der Waals surface area contributed by atoms with Crippen LogP contribution in [0, 0.1) is 5.82 Å². The smallest absolute Gasteiger partial charge is 0.259 e. The number of benzene rings is 4. The van der Waals surface area contributed by atoms with E-state index >= 15 is 0 Å². The van der Waals surface area contributed by atoms with Gasteiger partial charge in [0.15, 0.2) is 0 Å². The number of carbonyl (C=O) groups excluding carboxylic acids is 3. The van der Waals surface area contributed by atoms with Crippen molar-refractivity contribution in [3.05, 3.63) is 114 Å². The van der Waals surface area contributed by atoms with E-state index in [2.05, 4.69) is 5.32 Å². The molecular formula is C32H30FN3O3. The van der Waals surface area contributed by atoms with Crippen LogP contribution in [0.5, 0.6) is 0 Å². The van der Waals surface area contributed by atoms with Gasteiger partial charge in [-0.3, -0.25) is 19.3 Å². The molecule has 1 aliphatic rings. The SMILES string of the molecule is CC(C)NC(=O)[C@@H](Cc1ccccc1)N(Cc1ccc(F)cc1)C(=O)CN1C(=O)c2cccc3cccc1c23. The number of anilines is 1. The summed E-state index contributed by atoms with van der Waals surface area (Å²) in [5.74, 6) is -1.30. The van der Waals surface area contributed by atoms with E-state index in [1.807, 2.05) is 74.5 Å². The topological polar surface area (TPSA) is 69.7 Å². The fourth-order valence-corrected chi connectivity index (χ4v) is 5.08. The number of nitrogens with one attached hydrogen (secondary N) is 1. The van der Waals surface area contributed by atoms with Crippen molar-refractivity contribution in [3.8, 4) is 0 Å². The number of hydrogen-bond donors (Lipinski definition) is 1. The van der Waals surface area contributed by atoms with Crippen LogP contribution in [0.1, 0.15) is 35.3 Å². The summed E-state index contributed by atoms with van der Waals surface area (Å²) in [6.45, 7) is 3.59. The Balaban J connectivity index is 1.51. The predicted octanol–water partition coefficient (Wildman–Crippen LogP) is 5.10. The summed E-state index contributed by atoms with van der Waals surface area (Å²) in [5, 5.41) is 4.70. The highest BCUT2D eigenvalue weighted by atomic mass is 19.1. The van der Waals surface area contributed by atoms with Gasteiger partial charge in [-0.05, 0) is 54.6 Å². The Bertz CT molecular complexity index is 1510. The van der Waals surface area contributed by atoms with Crippen molar-refractivity contribution < 1.29 is 18.8 Å². The number of halogens is 1. The molecule has 0 aromatic heterocycles. The van der Waals surface area contributed by atoms with Crippen LogP contribution < -0.4 is 10.2 Å². The highest BCUT2D eigenvalue weighted by Crippen LogP contribution is 2.37. The lowest BCUT2D eigenvalue weighted by molar-refractivity contribution is -0.140. The average molecular weight is 524 g/mol. The Morgan fingerprint density at radius 1 is 0.872 bits per heavy atom. The lowest BCUT2D eigenvalue weighted by Crippen LogP contribution is -2.54. The van der Waals surface area contributed by atoms with Gasteiger partial charge >= 0.3 is 0 Å². The van der Waals surface area contributed by atoms with Crippen LogP contribution in [0.4, 0.5) is 10.1 Å². The molecule has 0 radical (unpaired) electrons. The Kier molecular flexibility index (Phi) is 7.41. The van der Waals surface area contributed by atoms with Crippen molar-refractivity contribution >= 4 is 34.2 Å². The van der Waals surface area contributed by atoms with Crippen LogP contribution in [-0.4, -0.2) is 41.2 Å². The van der Waals surface area contributed by atoms with Crippen LogP contribution in [0.25, 0.3) is 10.8 Å². The van der Waals surface area contributed by atoms with E-state index in [4.69, 9.17) is 0 Å². The quantitative estimate of drug-likeness (QED) is 0.332. The molecule has 0 fully saturated rings. The summed E-state index contributed by atoms with van der Waals surface area (Å²) >= 11 is 0. The van der Waals surface area contributed by atoms with Crippen LogP contribution in [0.15, 0.2) is 91.0 Å². The number of carbonyl (C=O) groups is 3. The second kappa shape index (κ2) is 11.1. The van der Waals surface area contributed by atoms with E-state index in [-0.39, 0.29) is 49.1 Å². The first kappa shape index (κ1) is 26.1. The van der Waals surface area contributed by atoms with Crippen LogP contribution >= 0.6 is 0 Å². The zero-order valence-electron chi connectivity index (χ0n) is 21.9. The van der Waals surface area contributed by atoms with Gasteiger partial charge in [0.1, 0.15) is 18.4 Å². The van der Waals surface area contributed by atoms with Crippen molar-refractivity contribution in [3.63, 3.8) is 0 Å². The van der Waals surface area contributed by atoms with E-state index in [9.17, 15) is 18.8 Å². The van der Waals surface area contributed by atoms with Gasteiger partial charge in [-0.2, -0.15) is 0 Å². The number of rotatable bonds is 9. The van der Waals surface area contributed by atoms with Gasteiger partial charge in [-0.25, -0.2) is 4.39 Å². The van der Waals surface area contributed by atoms with Crippen molar-refractivity contribution in [2.45, 2.75) is 38.9 Å². The van der Waals surface area contributed by atoms with Gasteiger partial charge in [-0.1, -0.05) is 66.7 Å². The molecule has 198 valence electrons. The molecule has 0 saturated carbocycles. The number of amides is 3. The molecule has 0 saturated heterocycles. The molecule has 5 rings (SSSR count). The minimum absolute atomic E-state index is 0.0846. The lowest BCUT2D eigenvalue weighted by atomic mass is 10.0. The maximum atomic E-state index is 14.1. The molecule has 39 heavy (non-hydrogen) atoms. The standard InChI is InChI=1S/C32H30FN3O3/c1-21(2)34-31(38)28(18-22-8-4-3-5-9-22)35(19-23-14-16-25(33)17-15-23)29(37)20-36-27-13-7-11-24-10-6-12-26(30(24)27)32(36)39/h3-17,21,28H,18-20H2,1-2H3,(H,34,38)/t28-/m1/s1. The molecule has 4 aromatic rings. The second-order valence-electron chi connectivity index (χ2n) is 10.1. The van der Waals surface area contributed by atoms with Gasteiger partial charge in [-0.15, -0.1) is 0 Å². The van der Waals surface area contributed by atoms with Crippen LogP contribution in [0.2, 0.25) is 0 Å². The summed E-state index contributed by atoms with van der Waals surface area (Å²) in [7, 11) is 0. The van der Waals surface area contributed by atoms with Crippen LogP contribution in [-0.2, 0) is 22.6 Å². The van der Waals surface area contributed by atoms with Gasteiger partial charge < -0.3 is 10.2 Å². The Morgan fingerprint density at radius 3 is 2.26 bits per heavy atom. The molecule has 3 amide bonds. The van der Waals surface area contributed by atoms with Crippen LogP contribution in [0.3, 0.4) is 0 Å². The fourth-order valence-electron chi connectivity index (χ4n) is 5.08. The summed E-state index contributed by atoms with van der Waals surface area (Å²) in [4.78, 5) is 44.0. The third-order valence-electron chi connectivity index (χ3n) is 6.91. The normalized spacial score (nSPS) is 13.1. The van der Waals surface area contributed by atoms with E-state index in [0.717, 1.165) is 16.3 Å². The fraction of sp³-hybridized carbons (Fsp3) is 0.219. The molecule has 1 aliphatic heterocycles. The maximum Gasteiger partial charge on any atom is 0.259 e. The first-order valence-electron chi connectivity index (χ1n) is 13.0. The lowest BCUT2D eigenvalue weighted by Gasteiger charge is -2.33. The molecule has 0 spiro atoms. The zero-order valence-corrected chi connectivity index (χ0v) is 21.9. The molecule has 0 bridgehead atoms. The van der Waals surface area contributed by atoms with Gasteiger partial charge in [0.25, 0.3) is 5.91 Å². The molecule has 0 unspecified atom stereocenters. The van der Waals surface area contributed by atoms with E-state index in [1.54, 1.807) is 18.2 Å². The Hall–Kier alpha value is -4.52. The highest BCUT2D eigenvalue weighted by molar-refractivity contribution is 6.26. The highest BCUT2D eigenvalue weighted by Gasteiger charge is 2.36. The first-order chi connectivity index (χ1) is 18.8. The molecule has 7 heteroatoms. The molecule has 1 N–H and O–H groups in total. The Labute approximate surface area is 227 Å². The van der Waals surface area contributed by atoms with Gasteiger partial charge in [0, 0.05) is 30.0 Å². The maximum absolute atomic E-state index is 14.1. The second-order valence-corrected chi connectivity index (χ2v) is 10.1. The Morgan fingerprint density at radius 2 is 1.56 bits per heavy atom. The monoisotopic (exact) mass is 523 g/mol. The third kappa shape index (κ3) is 5.53. The number of hydrogen-bond acceptors (Lipinski definition) is 3.